The maximum absolute atomic E-state index is 13.0. The van der Waals surface area contributed by atoms with Crippen molar-refractivity contribution in [3.8, 4) is 0 Å². The lowest BCUT2D eigenvalue weighted by Gasteiger charge is -2.24. The average Bonchev–Trinajstić information content (AvgIpc) is 2.89. The van der Waals surface area contributed by atoms with Gasteiger partial charge in [0.2, 0.25) is 17.7 Å². The van der Waals surface area contributed by atoms with E-state index < -0.39 is 12.1 Å². The number of unbranched alkanes of at least 4 members (excludes halogenated alkanes) is 10. The van der Waals surface area contributed by atoms with E-state index in [0.29, 0.717) is 70.1 Å². The number of hydrogen-bond donors (Lipinski definition) is 4. The molecular formula is C32H65N5O3. The highest BCUT2D eigenvalue weighted by molar-refractivity contribution is 5.81. The van der Waals surface area contributed by atoms with Crippen LogP contribution < -0.4 is 22.1 Å². The first kappa shape index (κ1) is 38.3. The summed E-state index contributed by atoms with van der Waals surface area (Å²) in [5.41, 5.74) is 11.9. The summed E-state index contributed by atoms with van der Waals surface area (Å²) in [5, 5.41) is 5.82. The molecule has 0 aliphatic rings. The third kappa shape index (κ3) is 22.1. The highest BCUT2D eigenvalue weighted by atomic mass is 16.2. The van der Waals surface area contributed by atoms with Crippen LogP contribution in [-0.4, -0.2) is 60.9 Å². The van der Waals surface area contributed by atoms with Crippen molar-refractivity contribution in [1.82, 2.24) is 15.5 Å². The minimum atomic E-state index is -0.496. The lowest BCUT2D eigenvalue weighted by atomic mass is 10.0. The summed E-state index contributed by atoms with van der Waals surface area (Å²) in [5.74, 6) is 0.622. The number of rotatable bonds is 26. The zero-order valence-corrected chi connectivity index (χ0v) is 26.8. The van der Waals surface area contributed by atoms with Crippen LogP contribution in [0.1, 0.15) is 137 Å². The minimum absolute atomic E-state index is 0.131. The molecule has 0 unspecified atom stereocenters. The van der Waals surface area contributed by atoms with Crippen molar-refractivity contribution in [2.75, 3.05) is 26.2 Å². The molecule has 40 heavy (non-hydrogen) atoms. The van der Waals surface area contributed by atoms with Crippen LogP contribution in [-0.2, 0) is 14.4 Å². The fourth-order valence-electron chi connectivity index (χ4n) is 4.91. The maximum Gasteiger partial charge on any atom is 0.236 e. The Morgan fingerprint density at radius 1 is 0.600 bits per heavy atom. The van der Waals surface area contributed by atoms with Gasteiger partial charge in [0.25, 0.3) is 0 Å². The van der Waals surface area contributed by atoms with E-state index in [1.165, 1.54) is 57.8 Å². The predicted octanol–water partition coefficient (Wildman–Crippen LogP) is 5.28. The summed E-state index contributed by atoms with van der Waals surface area (Å²) in [7, 11) is 0. The molecule has 0 heterocycles. The first-order valence-corrected chi connectivity index (χ1v) is 16.4. The molecule has 0 aromatic carbocycles. The summed E-state index contributed by atoms with van der Waals surface area (Å²) in [6, 6.07) is -0.992. The standard InChI is InChI=1S/C32H65N5O3/c1-6-7-8-9-10-11-12-13-14-15-16-19-30(38)37(22-17-20-35-31(39)28(33)24-26(2)3)23-18-21-36-32(40)29(34)25-27(4)5/h26-29H,6-25,33-34H2,1-5H3,(H,35,39)(H,36,40)/t28-,29-/m0/s1. The Labute approximate surface area is 246 Å². The van der Waals surface area contributed by atoms with E-state index in [0.717, 1.165) is 12.8 Å². The largest absolute Gasteiger partial charge is 0.355 e. The summed E-state index contributed by atoms with van der Waals surface area (Å²) in [6.45, 7) is 12.6. The van der Waals surface area contributed by atoms with E-state index in [9.17, 15) is 14.4 Å². The first-order chi connectivity index (χ1) is 19.1. The van der Waals surface area contributed by atoms with Crippen molar-refractivity contribution in [3.05, 3.63) is 0 Å². The van der Waals surface area contributed by atoms with Gasteiger partial charge in [-0.3, -0.25) is 14.4 Å². The van der Waals surface area contributed by atoms with Gasteiger partial charge in [0, 0.05) is 32.6 Å². The predicted molar refractivity (Wildman–Crippen MR) is 168 cm³/mol. The molecule has 6 N–H and O–H groups in total. The van der Waals surface area contributed by atoms with E-state index in [4.69, 9.17) is 11.5 Å². The molecule has 0 aliphatic heterocycles. The monoisotopic (exact) mass is 568 g/mol. The number of hydrogen-bond acceptors (Lipinski definition) is 5. The van der Waals surface area contributed by atoms with Crippen molar-refractivity contribution in [2.45, 2.75) is 149 Å². The SMILES string of the molecule is CCCCCCCCCCCCCC(=O)N(CCCNC(=O)[C@@H](N)CC(C)C)CCCNC(=O)[C@@H](N)CC(C)C. The first-order valence-electron chi connectivity index (χ1n) is 16.4. The fraction of sp³-hybridized carbons (Fsp3) is 0.906. The Morgan fingerprint density at radius 2 is 0.975 bits per heavy atom. The van der Waals surface area contributed by atoms with Crippen LogP contribution in [0.3, 0.4) is 0 Å². The van der Waals surface area contributed by atoms with E-state index in [1.807, 2.05) is 32.6 Å². The minimum Gasteiger partial charge on any atom is -0.355 e. The van der Waals surface area contributed by atoms with Gasteiger partial charge < -0.3 is 27.0 Å². The van der Waals surface area contributed by atoms with Gasteiger partial charge in [-0.05, 0) is 43.9 Å². The topological polar surface area (TPSA) is 131 Å². The van der Waals surface area contributed by atoms with Crippen molar-refractivity contribution in [1.29, 1.82) is 0 Å². The van der Waals surface area contributed by atoms with Crippen molar-refractivity contribution in [2.24, 2.45) is 23.3 Å². The molecule has 2 atom stereocenters. The molecule has 0 fully saturated rings. The third-order valence-electron chi connectivity index (χ3n) is 7.28. The molecular weight excluding hydrogens is 502 g/mol. The molecule has 0 saturated heterocycles. The summed E-state index contributed by atoms with van der Waals surface area (Å²) in [6.07, 6.45) is 17.0. The molecule has 0 saturated carbocycles. The molecule has 0 rings (SSSR count). The number of amides is 3. The molecule has 8 nitrogen and oxygen atoms in total. The molecule has 0 aromatic heterocycles. The molecule has 3 amide bonds. The van der Waals surface area contributed by atoms with Crippen molar-refractivity contribution < 1.29 is 14.4 Å². The van der Waals surface area contributed by atoms with E-state index >= 15 is 0 Å². The highest BCUT2D eigenvalue weighted by Gasteiger charge is 2.17. The van der Waals surface area contributed by atoms with E-state index in [2.05, 4.69) is 17.6 Å². The smallest absolute Gasteiger partial charge is 0.236 e. The van der Waals surface area contributed by atoms with Gasteiger partial charge in [-0.15, -0.1) is 0 Å². The van der Waals surface area contributed by atoms with Crippen LogP contribution in [0.4, 0.5) is 0 Å². The summed E-state index contributed by atoms with van der Waals surface area (Å²) >= 11 is 0. The molecule has 236 valence electrons. The number of nitrogens with zero attached hydrogens (tertiary/aromatic N) is 1. The molecule has 0 bridgehead atoms. The number of carbonyl (C=O) groups is 3. The second-order valence-electron chi connectivity index (χ2n) is 12.4. The average molecular weight is 568 g/mol. The fourth-order valence-corrected chi connectivity index (χ4v) is 4.91. The van der Waals surface area contributed by atoms with Crippen LogP contribution in [0, 0.1) is 11.8 Å². The van der Waals surface area contributed by atoms with Crippen molar-refractivity contribution >= 4 is 17.7 Å². The molecule has 0 radical (unpaired) electrons. The number of nitrogens with two attached hydrogens (primary N) is 2. The van der Waals surface area contributed by atoms with Crippen LogP contribution in [0.15, 0.2) is 0 Å². The third-order valence-corrected chi connectivity index (χ3v) is 7.28. The van der Waals surface area contributed by atoms with Crippen molar-refractivity contribution in [3.63, 3.8) is 0 Å². The van der Waals surface area contributed by atoms with Crippen LogP contribution in [0.2, 0.25) is 0 Å². The molecule has 0 spiro atoms. The van der Waals surface area contributed by atoms with Gasteiger partial charge in [0.1, 0.15) is 0 Å². The Balaban J connectivity index is 4.46. The van der Waals surface area contributed by atoms with E-state index in [1.54, 1.807) is 0 Å². The Morgan fingerprint density at radius 3 is 1.35 bits per heavy atom. The summed E-state index contributed by atoms with van der Waals surface area (Å²) < 4.78 is 0. The second kappa shape index (κ2) is 25.1. The van der Waals surface area contributed by atoms with Gasteiger partial charge in [-0.25, -0.2) is 0 Å². The Kier molecular flexibility index (Phi) is 24.0. The van der Waals surface area contributed by atoms with E-state index in [-0.39, 0.29) is 17.7 Å². The second-order valence-corrected chi connectivity index (χ2v) is 12.4. The van der Waals surface area contributed by atoms with Gasteiger partial charge in [0.05, 0.1) is 12.1 Å². The highest BCUT2D eigenvalue weighted by Crippen LogP contribution is 2.13. The Hall–Kier alpha value is -1.67. The van der Waals surface area contributed by atoms with Crippen LogP contribution in [0.5, 0.6) is 0 Å². The summed E-state index contributed by atoms with van der Waals surface area (Å²) in [4.78, 5) is 39.3. The zero-order valence-electron chi connectivity index (χ0n) is 26.8. The van der Waals surface area contributed by atoms with Crippen LogP contribution in [0.25, 0.3) is 0 Å². The lowest BCUT2D eigenvalue weighted by Crippen LogP contribution is -2.43. The quantitative estimate of drug-likeness (QED) is 0.106. The normalized spacial score (nSPS) is 12.9. The number of nitrogens with one attached hydrogen (secondary N) is 2. The number of carbonyl (C=O) groups excluding carboxylic acids is 3. The Bertz CT molecular complexity index is 620. The lowest BCUT2D eigenvalue weighted by molar-refractivity contribution is -0.131. The van der Waals surface area contributed by atoms with Gasteiger partial charge >= 0.3 is 0 Å². The zero-order chi connectivity index (χ0) is 30.2. The molecule has 0 aromatic rings. The maximum atomic E-state index is 13.0. The molecule has 8 heteroatoms. The van der Waals surface area contributed by atoms with Gasteiger partial charge in [0.15, 0.2) is 0 Å². The van der Waals surface area contributed by atoms with Crippen LogP contribution >= 0.6 is 0 Å². The molecule has 0 aliphatic carbocycles. The van der Waals surface area contributed by atoms with Gasteiger partial charge in [-0.1, -0.05) is 98.8 Å². The van der Waals surface area contributed by atoms with Gasteiger partial charge in [-0.2, -0.15) is 0 Å².